The first-order chi connectivity index (χ1) is 10.3. The molecule has 0 aliphatic carbocycles. The lowest BCUT2D eigenvalue weighted by atomic mass is 10.1. The zero-order valence-corrected chi connectivity index (χ0v) is 13.2. The Bertz CT molecular complexity index is 753. The quantitative estimate of drug-likeness (QED) is 0.655. The van der Waals surface area contributed by atoms with Crippen LogP contribution in [0.2, 0.25) is 0 Å². The molecule has 2 aromatic carbocycles. The molecule has 21 heavy (non-hydrogen) atoms. The maximum absolute atomic E-state index is 5.25. The summed E-state index contributed by atoms with van der Waals surface area (Å²) in [6.45, 7) is 0. The van der Waals surface area contributed by atoms with Gasteiger partial charge in [0, 0.05) is 21.8 Å². The van der Waals surface area contributed by atoms with Crippen molar-refractivity contribution in [2.75, 3.05) is 7.11 Å². The number of pyridine rings is 1. The Balaban J connectivity index is 1.96. The van der Waals surface area contributed by atoms with Crippen LogP contribution in [0.25, 0.3) is 22.4 Å². The van der Waals surface area contributed by atoms with Crippen molar-refractivity contribution in [1.29, 1.82) is 0 Å². The van der Waals surface area contributed by atoms with Gasteiger partial charge in [-0.15, -0.1) is 0 Å². The predicted molar refractivity (Wildman–Crippen MR) is 89.4 cm³/mol. The van der Waals surface area contributed by atoms with Crippen LogP contribution in [0.4, 0.5) is 0 Å². The molecule has 1 aromatic heterocycles. The summed E-state index contributed by atoms with van der Waals surface area (Å²) in [5.74, 6) is 0.837. The second kappa shape index (κ2) is 6.10. The van der Waals surface area contributed by atoms with Gasteiger partial charge in [-0.05, 0) is 29.8 Å². The van der Waals surface area contributed by atoms with E-state index in [1.807, 2.05) is 54.7 Å². The molecular weight excluding hydrogens is 326 g/mol. The van der Waals surface area contributed by atoms with E-state index in [-0.39, 0.29) is 0 Å². The maximum Gasteiger partial charge on any atom is 0.119 e. The van der Waals surface area contributed by atoms with Crippen molar-refractivity contribution in [3.63, 3.8) is 0 Å². The van der Waals surface area contributed by atoms with Crippen molar-refractivity contribution >= 4 is 15.9 Å². The number of nitrogens with zero attached hydrogens (tertiary/aromatic N) is 1. The van der Waals surface area contributed by atoms with E-state index in [1.165, 1.54) is 0 Å². The lowest BCUT2D eigenvalue weighted by Crippen LogP contribution is -1.87. The fraction of sp³-hybridized carbons (Fsp3) is 0.0556. The summed E-state index contributed by atoms with van der Waals surface area (Å²) in [6.07, 6.45) is 1.90. The van der Waals surface area contributed by atoms with E-state index in [0.717, 1.165) is 32.6 Å². The molecule has 0 N–H and O–H groups in total. The Morgan fingerprint density at radius 3 is 2.48 bits per heavy atom. The fourth-order valence-corrected chi connectivity index (χ4v) is 2.72. The highest BCUT2D eigenvalue weighted by Crippen LogP contribution is 2.29. The van der Waals surface area contributed by atoms with E-state index >= 15 is 0 Å². The average Bonchev–Trinajstić information content (AvgIpc) is 2.56. The van der Waals surface area contributed by atoms with Gasteiger partial charge in [-0.1, -0.05) is 52.3 Å². The van der Waals surface area contributed by atoms with Gasteiger partial charge in [0.05, 0.1) is 12.8 Å². The van der Waals surface area contributed by atoms with Gasteiger partial charge < -0.3 is 4.74 Å². The molecule has 2 nitrogen and oxygen atoms in total. The average molecular weight is 340 g/mol. The zero-order valence-electron chi connectivity index (χ0n) is 11.6. The molecule has 0 atom stereocenters. The number of aromatic nitrogens is 1. The number of hydrogen-bond acceptors (Lipinski definition) is 2. The van der Waals surface area contributed by atoms with Crippen LogP contribution in [0.3, 0.4) is 0 Å². The van der Waals surface area contributed by atoms with Gasteiger partial charge in [0.25, 0.3) is 0 Å². The molecule has 3 heteroatoms. The molecule has 0 aliphatic heterocycles. The van der Waals surface area contributed by atoms with Crippen LogP contribution in [0.15, 0.2) is 71.3 Å². The van der Waals surface area contributed by atoms with Gasteiger partial charge in [0.15, 0.2) is 0 Å². The van der Waals surface area contributed by atoms with Crippen molar-refractivity contribution in [2.45, 2.75) is 0 Å². The van der Waals surface area contributed by atoms with Crippen LogP contribution >= 0.6 is 15.9 Å². The Hall–Kier alpha value is -2.13. The summed E-state index contributed by atoms with van der Waals surface area (Å²) in [7, 11) is 1.67. The van der Waals surface area contributed by atoms with Crippen molar-refractivity contribution in [2.24, 2.45) is 0 Å². The highest BCUT2D eigenvalue weighted by atomic mass is 79.9. The number of halogens is 1. The zero-order chi connectivity index (χ0) is 14.7. The number of hydrogen-bond donors (Lipinski definition) is 0. The molecule has 3 rings (SSSR count). The lowest BCUT2D eigenvalue weighted by molar-refractivity contribution is 0.415. The number of benzene rings is 2. The number of ether oxygens (including phenoxy) is 1. The molecule has 0 radical (unpaired) electrons. The lowest BCUT2D eigenvalue weighted by Gasteiger charge is -2.07. The Morgan fingerprint density at radius 1 is 0.905 bits per heavy atom. The summed E-state index contributed by atoms with van der Waals surface area (Å²) >= 11 is 3.57. The molecule has 0 saturated carbocycles. The molecule has 0 unspecified atom stereocenters. The van der Waals surface area contributed by atoms with Crippen LogP contribution in [0.1, 0.15) is 0 Å². The molecule has 104 valence electrons. The predicted octanol–water partition coefficient (Wildman–Crippen LogP) is 5.19. The SMILES string of the molecule is COc1cccc(-c2ccc(-c3ccccc3Br)cn2)c1. The van der Waals surface area contributed by atoms with Crippen molar-refractivity contribution < 1.29 is 4.74 Å². The highest BCUT2D eigenvalue weighted by molar-refractivity contribution is 9.10. The first kappa shape index (κ1) is 13.8. The number of rotatable bonds is 3. The number of methoxy groups -OCH3 is 1. The molecular formula is C18H14BrNO. The first-order valence-corrected chi connectivity index (χ1v) is 7.42. The topological polar surface area (TPSA) is 22.1 Å². The monoisotopic (exact) mass is 339 g/mol. The van der Waals surface area contributed by atoms with Crippen molar-refractivity contribution in [1.82, 2.24) is 4.98 Å². The molecule has 1 heterocycles. The van der Waals surface area contributed by atoms with Crippen molar-refractivity contribution in [3.8, 4) is 28.1 Å². The minimum absolute atomic E-state index is 0.837. The first-order valence-electron chi connectivity index (χ1n) is 6.63. The van der Waals surface area contributed by atoms with E-state index in [9.17, 15) is 0 Å². The molecule has 3 aromatic rings. The van der Waals surface area contributed by atoms with Crippen LogP contribution in [-0.4, -0.2) is 12.1 Å². The van der Waals surface area contributed by atoms with Gasteiger partial charge >= 0.3 is 0 Å². The van der Waals surface area contributed by atoms with Gasteiger partial charge in [-0.3, -0.25) is 4.98 Å². The molecule has 0 spiro atoms. The van der Waals surface area contributed by atoms with E-state index in [2.05, 4.69) is 33.0 Å². The van der Waals surface area contributed by atoms with Gasteiger partial charge in [-0.25, -0.2) is 0 Å². The Morgan fingerprint density at radius 2 is 1.76 bits per heavy atom. The van der Waals surface area contributed by atoms with Crippen molar-refractivity contribution in [3.05, 3.63) is 71.3 Å². The largest absolute Gasteiger partial charge is 0.497 e. The standard InChI is InChI=1S/C18H14BrNO/c1-21-15-6-4-5-13(11-15)18-10-9-14(12-20-18)16-7-2-3-8-17(16)19/h2-12H,1H3. The smallest absolute Gasteiger partial charge is 0.119 e. The minimum atomic E-state index is 0.837. The highest BCUT2D eigenvalue weighted by Gasteiger charge is 2.05. The second-order valence-corrected chi connectivity index (χ2v) is 5.50. The van der Waals surface area contributed by atoms with E-state index in [1.54, 1.807) is 7.11 Å². The van der Waals surface area contributed by atoms with Crippen LogP contribution in [-0.2, 0) is 0 Å². The van der Waals surface area contributed by atoms with Crippen LogP contribution < -0.4 is 4.74 Å². The minimum Gasteiger partial charge on any atom is -0.497 e. The Kier molecular flexibility index (Phi) is 4.02. The van der Waals surface area contributed by atoms with E-state index < -0.39 is 0 Å². The summed E-state index contributed by atoms with van der Waals surface area (Å²) in [4.78, 5) is 4.57. The summed E-state index contributed by atoms with van der Waals surface area (Å²) in [5.41, 5.74) is 4.22. The molecule has 0 bridgehead atoms. The molecule has 0 saturated heterocycles. The fourth-order valence-electron chi connectivity index (χ4n) is 2.20. The summed E-state index contributed by atoms with van der Waals surface area (Å²) in [5, 5.41) is 0. The third kappa shape index (κ3) is 2.98. The van der Waals surface area contributed by atoms with Crippen LogP contribution in [0, 0.1) is 0 Å². The maximum atomic E-state index is 5.25. The van der Waals surface area contributed by atoms with E-state index in [4.69, 9.17) is 4.74 Å². The second-order valence-electron chi connectivity index (χ2n) is 4.64. The summed E-state index contributed by atoms with van der Waals surface area (Å²) in [6, 6.07) is 20.2. The summed E-state index contributed by atoms with van der Waals surface area (Å²) < 4.78 is 6.32. The molecule has 0 amide bonds. The van der Waals surface area contributed by atoms with Gasteiger partial charge in [0.1, 0.15) is 5.75 Å². The Labute approximate surface area is 132 Å². The van der Waals surface area contributed by atoms with Crippen LogP contribution in [0.5, 0.6) is 5.75 Å². The van der Waals surface area contributed by atoms with E-state index in [0.29, 0.717) is 0 Å². The molecule has 0 aliphatic rings. The van der Waals surface area contributed by atoms with Gasteiger partial charge in [-0.2, -0.15) is 0 Å². The van der Waals surface area contributed by atoms with Gasteiger partial charge in [0.2, 0.25) is 0 Å². The normalized spacial score (nSPS) is 10.4. The third-order valence-electron chi connectivity index (χ3n) is 3.31. The molecule has 0 fully saturated rings. The third-order valence-corrected chi connectivity index (χ3v) is 4.01.